The standard InChI is InChI=1S/C15H27N3O3/c1-11-6-5-9-18(13(11)14(19)20)15(21)16-12(2)10-17-7-3-4-8-17/h11-13H,3-10H2,1-2H3,(H,16,21)(H,19,20). The van der Waals surface area contributed by atoms with Crippen LogP contribution in [0.15, 0.2) is 0 Å². The second-order valence-corrected chi connectivity index (χ2v) is 6.45. The summed E-state index contributed by atoms with van der Waals surface area (Å²) in [7, 11) is 0. The number of hydrogen-bond acceptors (Lipinski definition) is 3. The lowest BCUT2D eigenvalue weighted by atomic mass is 9.91. The van der Waals surface area contributed by atoms with Gasteiger partial charge in [0.05, 0.1) is 0 Å². The van der Waals surface area contributed by atoms with Crippen LogP contribution in [0.25, 0.3) is 0 Å². The van der Waals surface area contributed by atoms with Crippen LogP contribution in [0, 0.1) is 5.92 Å². The van der Waals surface area contributed by atoms with Crippen molar-refractivity contribution in [1.29, 1.82) is 0 Å². The Morgan fingerprint density at radius 3 is 2.52 bits per heavy atom. The van der Waals surface area contributed by atoms with E-state index in [2.05, 4.69) is 10.2 Å². The molecule has 0 aromatic rings. The maximum absolute atomic E-state index is 12.4. The predicted molar refractivity (Wildman–Crippen MR) is 80.2 cm³/mol. The van der Waals surface area contributed by atoms with Crippen molar-refractivity contribution in [2.45, 2.75) is 51.6 Å². The van der Waals surface area contributed by atoms with Crippen LogP contribution in [0.3, 0.4) is 0 Å². The molecule has 2 fully saturated rings. The molecule has 120 valence electrons. The Bertz CT molecular complexity index is 382. The highest BCUT2D eigenvalue weighted by Crippen LogP contribution is 2.23. The Hall–Kier alpha value is -1.30. The zero-order valence-electron chi connectivity index (χ0n) is 13.0. The Labute approximate surface area is 126 Å². The van der Waals surface area contributed by atoms with Crippen molar-refractivity contribution in [2.75, 3.05) is 26.2 Å². The molecule has 0 saturated carbocycles. The number of urea groups is 1. The normalized spacial score (nSPS) is 28.4. The number of nitrogens with zero attached hydrogens (tertiary/aromatic N) is 2. The molecule has 2 N–H and O–H groups in total. The number of amides is 2. The zero-order chi connectivity index (χ0) is 15.4. The molecule has 2 rings (SSSR count). The number of hydrogen-bond donors (Lipinski definition) is 2. The van der Waals surface area contributed by atoms with E-state index in [0.29, 0.717) is 6.54 Å². The number of carbonyl (C=O) groups excluding carboxylic acids is 1. The van der Waals surface area contributed by atoms with Gasteiger partial charge in [-0.05, 0) is 51.6 Å². The van der Waals surface area contributed by atoms with Gasteiger partial charge < -0.3 is 20.2 Å². The van der Waals surface area contributed by atoms with Gasteiger partial charge in [-0.25, -0.2) is 9.59 Å². The van der Waals surface area contributed by atoms with Crippen molar-refractivity contribution in [2.24, 2.45) is 5.92 Å². The maximum atomic E-state index is 12.4. The summed E-state index contributed by atoms with van der Waals surface area (Å²) in [5.74, 6) is -0.888. The molecule has 3 atom stereocenters. The van der Waals surface area contributed by atoms with Crippen molar-refractivity contribution in [1.82, 2.24) is 15.1 Å². The van der Waals surface area contributed by atoms with Crippen LogP contribution in [-0.2, 0) is 4.79 Å². The van der Waals surface area contributed by atoms with Gasteiger partial charge in [-0.2, -0.15) is 0 Å². The molecule has 0 aliphatic carbocycles. The van der Waals surface area contributed by atoms with Gasteiger partial charge >= 0.3 is 12.0 Å². The third kappa shape index (κ3) is 4.09. The first-order valence-corrected chi connectivity index (χ1v) is 8.01. The fourth-order valence-electron chi connectivity index (χ4n) is 3.48. The monoisotopic (exact) mass is 297 g/mol. The van der Waals surface area contributed by atoms with Crippen LogP contribution in [0.1, 0.15) is 39.5 Å². The summed E-state index contributed by atoms with van der Waals surface area (Å²) in [6.07, 6.45) is 4.19. The van der Waals surface area contributed by atoms with Gasteiger partial charge in [0.25, 0.3) is 0 Å². The second kappa shape index (κ2) is 7.11. The zero-order valence-corrected chi connectivity index (χ0v) is 13.0. The summed E-state index contributed by atoms with van der Waals surface area (Å²) in [4.78, 5) is 27.6. The van der Waals surface area contributed by atoms with Crippen LogP contribution in [0.5, 0.6) is 0 Å². The molecule has 0 aromatic heterocycles. The van der Waals surface area contributed by atoms with Crippen molar-refractivity contribution in [3.05, 3.63) is 0 Å². The maximum Gasteiger partial charge on any atom is 0.326 e. The Balaban J connectivity index is 1.89. The van der Waals surface area contributed by atoms with Gasteiger partial charge in [-0.3, -0.25) is 0 Å². The van der Waals surface area contributed by atoms with Gasteiger partial charge in [0.2, 0.25) is 0 Å². The molecule has 6 heteroatoms. The van der Waals surface area contributed by atoms with Crippen molar-refractivity contribution < 1.29 is 14.7 Å². The first-order chi connectivity index (χ1) is 9.99. The third-order valence-electron chi connectivity index (χ3n) is 4.55. The quantitative estimate of drug-likeness (QED) is 0.822. The molecule has 0 radical (unpaired) electrons. The van der Waals surface area contributed by atoms with Gasteiger partial charge in [0.1, 0.15) is 6.04 Å². The topological polar surface area (TPSA) is 72.9 Å². The molecule has 2 aliphatic rings. The lowest BCUT2D eigenvalue weighted by Gasteiger charge is -2.38. The summed E-state index contributed by atoms with van der Waals surface area (Å²) in [5.41, 5.74) is 0. The Morgan fingerprint density at radius 1 is 1.24 bits per heavy atom. The largest absolute Gasteiger partial charge is 0.480 e. The van der Waals surface area contributed by atoms with Crippen molar-refractivity contribution >= 4 is 12.0 Å². The van der Waals surface area contributed by atoms with E-state index in [1.54, 1.807) is 0 Å². The minimum absolute atomic E-state index is 0.0101. The molecule has 2 saturated heterocycles. The highest BCUT2D eigenvalue weighted by Gasteiger charge is 2.37. The van der Waals surface area contributed by atoms with Gasteiger partial charge in [-0.15, -0.1) is 0 Å². The van der Waals surface area contributed by atoms with E-state index in [9.17, 15) is 14.7 Å². The molecular weight excluding hydrogens is 270 g/mol. The van der Waals surface area contributed by atoms with Gasteiger partial charge in [0.15, 0.2) is 0 Å². The Kier molecular flexibility index (Phi) is 5.45. The number of piperidine rings is 1. The first kappa shape index (κ1) is 16.1. The minimum atomic E-state index is -0.899. The van der Waals surface area contributed by atoms with Crippen LogP contribution in [0.2, 0.25) is 0 Å². The van der Waals surface area contributed by atoms with Gasteiger partial charge in [-0.1, -0.05) is 6.92 Å². The van der Waals surface area contributed by atoms with Crippen molar-refractivity contribution in [3.63, 3.8) is 0 Å². The lowest BCUT2D eigenvalue weighted by Crippen LogP contribution is -2.57. The molecule has 2 amide bonds. The summed E-state index contributed by atoms with van der Waals surface area (Å²) in [6.45, 7) is 7.46. The van der Waals surface area contributed by atoms with Crippen molar-refractivity contribution in [3.8, 4) is 0 Å². The number of carboxylic acids is 1. The SMILES string of the molecule is CC(CN1CCCC1)NC(=O)N1CCCC(C)C1C(=O)O. The number of carboxylic acid groups (broad SMARTS) is 1. The average Bonchev–Trinajstić information content (AvgIpc) is 2.90. The fourth-order valence-corrected chi connectivity index (χ4v) is 3.48. The Morgan fingerprint density at radius 2 is 1.90 bits per heavy atom. The molecule has 0 bridgehead atoms. The molecular formula is C15H27N3O3. The van der Waals surface area contributed by atoms with E-state index >= 15 is 0 Å². The first-order valence-electron chi connectivity index (χ1n) is 8.01. The molecule has 0 aromatic carbocycles. The summed E-state index contributed by atoms with van der Waals surface area (Å²) < 4.78 is 0. The number of carbonyl (C=O) groups is 2. The van der Waals surface area contributed by atoms with E-state index in [-0.39, 0.29) is 18.0 Å². The summed E-state index contributed by atoms with van der Waals surface area (Å²) in [5, 5.41) is 12.3. The van der Waals surface area contributed by atoms with Crippen LogP contribution < -0.4 is 5.32 Å². The number of rotatable bonds is 4. The van der Waals surface area contributed by atoms with E-state index in [4.69, 9.17) is 0 Å². The van der Waals surface area contributed by atoms with Crippen LogP contribution in [-0.4, -0.2) is 65.2 Å². The van der Waals surface area contributed by atoms with E-state index in [1.165, 1.54) is 17.7 Å². The van der Waals surface area contributed by atoms with Crippen LogP contribution >= 0.6 is 0 Å². The summed E-state index contributed by atoms with van der Waals surface area (Å²) >= 11 is 0. The average molecular weight is 297 g/mol. The summed E-state index contributed by atoms with van der Waals surface area (Å²) in [6, 6.07) is -0.888. The lowest BCUT2D eigenvalue weighted by molar-refractivity contribution is -0.145. The molecule has 6 nitrogen and oxygen atoms in total. The smallest absolute Gasteiger partial charge is 0.326 e. The molecule has 2 aliphatic heterocycles. The highest BCUT2D eigenvalue weighted by molar-refractivity contribution is 5.83. The van der Waals surface area contributed by atoms with Gasteiger partial charge in [0, 0.05) is 19.1 Å². The third-order valence-corrected chi connectivity index (χ3v) is 4.55. The van der Waals surface area contributed by atoms with E-state index in [1.807, 2.05) is 13.8 Å². The molecule has 2 heterocycles. The highest BCUT2D eigenvalue weighted by atomic mass is 16.4. The van der Waals surface area contributed by atoms with E-state index in [0.717, 1.165) is 32.5 Å². The number of likely N-dealkylation sites (tertiary alicyclic amines) is 2. The predicted octanol–water partition coefficient (Wildman–Crippen LogP) is 1.37. The second-order valence-electron chi connectivity index (χ2n) is 6.45. The fraction of sp³-hybridized carbons (Fsp3) is 0.867. The van der Waals surface area contributed by atoms with E-state index < -0.39 is 12.0 Å². The van der Waals surface area contributed by atoms with Crippen LogP contribution in [0.4, 0.5) is 4.79 Å². The number of aliphatic carboxylic acids is 1. The molecule has 0 spiro atoms. The number of nitrogens with one attached hydrogen (secondary N) is 1. The molecule has 21 heavy (non-hydrogen) atoms. The molecule has 3 unspecified atom stereocenters. The minimum Gasteiger partial charge on any atom is -0.480 e.